The molecule has 0 spiro atoms. The Balaban J connectivity index is 2.18. The maximum Gasteiger partial charge on any atom is 0.254 e. The number of carbonyl (C=O) groups is 2. The summed E-state index contributed by atoms with van der Waals surface area (Å²) in [4.78, 5) is 25.5. The van der Waals surface area contributed by atoms with Crippen molar-refractivity contribution in [2.45, 2.75) is 26.8 Å². The molecule has 0 bridgehead atoms. The van der Waals surface area contributed by atoms with E-state index in [0.717, 1.165) is 5.56 Å². The predicted molar refractivity (Wildman–Crippen MR) is 92.4 cm³/mol. The largest absolute Gasteiger partial charge is 0.335 e. The molecular formula is C19H22N2O2. The fourth-order valence-corrected chi connectivity index (χ4v) is 2.38. The lowest BCUT2D eigenvalue weighted by atomic mass is 10.0. The van der Waals surface area contributed by atoms with Gasteiger partial charge in [-0.05, 0) is 37.6 Å². The first-order valence-electron chi connectivity index (χ1n) is 7.60. The topological polar surface area (TPSA) is 49.4 Å². The summed E-state index contributed by atoms with van der Waals surface area (Å²) in [6.45, 7) is 5.48. The Morgan fingerprint density at radius 1 is 1.09 bits per heavy atom. The van der Waals surface area contributed by atoms with Gasteiger partial charge in [0.15, 0.2) is 0 Å². The number of nitrogens with one attached hydrogen (secondary N) is 1. The first kappa shape index (κ1) is 16.7. The van der Waals surface area contributed by atoms with Crippen LogP contribution in [0.15, 0.2) is 48.5 Å². The Bertz CT molecular complexity index is 708. The third-order valence-corrected chi connectivity index (χ3v) is 3.89. The minimum absolute atomic E-state index is 0.0347. The molecule has 0 aromatic heterocycles. The van der Waals surface area contributed by atoms with E-state index in [0.29, 0.717) is 11.3 Å². The van der Waals surface area contributed by atoms with Crippen LogP contribution in [0.3, 0.4) is 0 Å². The van der Waals surface area contributed by atoms with E-state index in [-0.39, 0.29) is 17.9 Å². The lowest BCUT2D eigenvalue weighted by Crippen LogP contribution is -2.29. The number of hydrogen-bond donors (Lipinski definition) is 1. The van der Waals surface area contributed by atoms with Gasteiger partial charge in [0.2, 0.25) is 5.91 Å². The van der Waals surface area contributed by atoms with Crippen molar-refractivity contribution in [2.24, 2.45) is 0 Å². The zero-order valence-corrected chi connectivity index (χ0v) is 14.0. The van der Waals surface area contributed by atoms with Gasteiger partial charge in [-0.3, -0.25) is 9.59 Å². The zero-order chi connectivity index (χ0) is 17.0. The quantitative estimate of drug-likeness (QED) is 0.934. The van der Waals surface area contributed by atoms with E-state index in [1.165, 1.54) is 12.5 Å². The summed E-state index contributed by atoms with van der Waals surface area (Å²) in [5, 5.41) is 2.70. The molecule has 120 valence electrons. The lowest BCUT2D eigenvalue weighted by molar-refractivity contribution is -0.114. The first-order valence-corrected chi connectivity index (χ1v) is 7.60. The molecule has 0 radical (unpaired) electrons. The summed E-state index contributed by atoms with van der Waals surface area (Å²) >= 11 is 0. The van der Waals surface area contributed by atoms with Crippen LogP contribution in [-0.4, -0.2) is 23.8 Å². The van der Waals surface area contributed by atoms with E-state index < -0.39 is 0 Å². The number of anilines is 1. The highest BCUT2D eigenvalue weighted by Crippen LogP contribution is 2.22. The molecule has 0 aliphatic carbocycles. The fraction of sp³-hybridized carbons (Fsp3) is 0.263. The van der Waals surface area contributed by atoms with E-state index in [9.17, 15) is 9.59 Å². The second-order valence-corrected chi connectivity index (χ2v) is 5.76. The van der Waals surface area contributed by atoms with Crippen LogP contribution in [0, 0.1) is 6.92 Å². The molecule has 0 aliphatic heterocycles. The van der Waals surface area contributed by atoms with Crippen LogP contribution in [0.2, 0.25) is 0 Å². The van der Waals surface area contributed by atoms with Gasteiger partial charge >= 0.3 is 0 Å². The molecule has 1 atom stereocenters. The van der Waals surface area contributed by atoms with Crippen LogP contribution in [0.1, 0.15) is 41.4 Å². The molecule has 0 fully saturated rings. The molecule has 2 amide bonds. The van der Waals surface area contributed by atoms with Crippen LogP contribution >= 0.6 is 0 Å². The number of hydrogen-bond acceptors (Lipinski definition) is 2. The summed E-state index contributed by atoms with van der Waals surface area (Å²) in [6.07, 6.45) is 0. The number of aryl methyl sites for hydroxylation is 1. The van der Waals surface area contributed by atoms with Gasteiger partial charge in [-0.1, -0.05) is 35.9 Å². The fourth-order valence-electron chi connectivity index (χ4n) is 2.38. The summed E-state index contributed by atoms with van der Waals surface area (Å²) < 4.78 is 0. The van der Waals surface area contributed by atoms with Crippen molar-refractivity contribution in [3.05, 3.63) is 65.2 Å². The maximum absolute atomic E-state index is 12.7. The molecule has 0 heterocycles. The Hall–Kier alpha value is -2.62. The van der Waals surface area contributed by atoms with Crippen LogP contribution in [0.5, 0.6) is 0 Å². The normalized spacial score (nSPS) is 11.7. The highest BCUT2D eigenvalue weighted by molar-refractivity contribution is 5.96. The molecule has 0 saturated carbocycles. The molecule has 2 aromatic carbocycles. The highest BCUT2D eigenvalue weighted by Gasteiger charge is 2.19. The molecule has 1 N–H and O–H groups in total. The number of benzene rings is 2. The summed E-state index contributed by atoms with van der Waals surface area (Å²) in [7, 11) is 1.79. The van der Waals surface area contributed by atoms with E-state index >= 15 is 0 Å². The summed E-state index contributed by atoms with van der Waals surface area (Å²) in [5.41, 5.74) is 3.46. The van der Waals surface area contributed by atoms with Crippen molar-refractivity contribution in [1.29, 1.82) is 0 Å². The van der Waals surface area contributed by atoms with Crippen LogP contribution in [-0.2, 0) is 4.79 Å². The van der Waals surface area contributed by atoms with E-state index in [1.54, 1.807) is 36.2 Å². The van der Waals surface area contributed by atoms with Crippen molar-refractivity contribution >= 4 is 17.5 Å². The minimum atomic E-state index is -0.157. The number of nitrogens with zero attached hydrogens (tertiary/aromatic N) is 1. The zero-order valence-electron chi connectivity index (χ0n) is 14.0. The minimum Gasteiger partial charge on any atom is -0.335 e. The Labute approximate surface area is 137 Å². The Morgan fingerprint density at radius 2 is 1.74 bits per heavy atom. The molecule has 4 nitrogen and oxygen atoms in total. The van der Waals surface area contributed by atoms with Gasteiger partial charge in [-0.15, -0.1) is 0 Å². The standard InChI is InChI=1S/C19H22N2O2/c1-13-8-10-16(11-9-13)14(2)21(4)19(23)17-6-5-7-18(12-17)20-15(3)22/h5-12,14H,1-4H3,(H,20,22). The van der Waals surface area contributed by atoms with Crippen molar-refractivity contribution in [2.75, 3.05) is 12.4 Å². The van der Waals surface area contributed by atoms with Crippen LogP contribution in [0.25, 0.3) is 0 Å². The van der Waals surface area contributed by atoms with Crippen LogP contribution in [0.4, 0.5) is 5.69 Å². The van der Waals surface area contributed by atoms with Gasteiger partial charge in [-0.25, -0.2) is 0 Å². The van der Waals surface area contributed by atoms with Crippen molar-refractivity contribution in [3.8, 4) is 0 Å². The number of rotatable bonds is 4. The number of carbonyl (C=O) groups excluding carboxylic acids is 2. The first-order chi connectivity index (χ1) is 10.9. The van der Waals surface area contributed by atoms with Gasteiger partial charge in [0, 0.05) is 25.2 Å². The second-order valence-electron chi connectivity index (χ2n) is 5.76. The van der Waals surface area contributed by atoms with Crippen LogP contribution < -0.4 is 5.32 Å². The predicted octanol–water partition coefficient (Wildman–Crippen LogP) is 3.79. The third kappa shape index (κ3) is 4.19. The monoisotopic (exact) mass is 310 g/mol. The SMILES string of the molecule is CC(=O)Nc1cccc(C(=O)N(C)C(C)c2ccc(C)cc2)c1. The smallest absolute Gasteiger partial charge is 0.254 e. The van der Waals surface area contributed by atoms with Gasteiger partial charge in [0.1, 0.15) is 0 Å². The molecule has 23 heavy (non-hydrogen) atoms. The van der Waals surface area contributed by atoms with Gasteiger partial charge in [-0.2, -0.15) is 0 Å². The summed E-state index contributed by atoms with van der Waals surface area (Å²) in [5.74, 6) is -0.235. The molecular weight excluding hydrogens is 288 g/mol. The summed E-state index contributed by atoms with van der Waals surface area (Å²) in [6, 6.07) is 15.1. The Morgan fingerprint density at radius 3 is 2.35 bits per heavy atom. The lowest BCUT2D eigenvalue weighted by Gasteiger charge is -2.25. The second kappa shape index (κ2) is 7.09. The Kier molecular flexibility index (Phi) is 5.16. The highest BCUT2D eigenvalue weighted by atomic mass is 16.2. The third-order valence-electron chi connectivity index (χ3n) is 3.89. The molecule has 0 saturated heterocycles. The average Bonchev–Trinajstić information content (AvgIpc) is 2.53. The number of amides is 2. The molecule has 1 unspecified atom stereocenters. The van der Waals surface area contributed by atoms with Gasteiger partial charge < -0.3 is 10.2 Å². The van der Waals surface area contributed by atoms with Crippen molar-refractivity contribution in [3.63, 3.8) is 0 Å². The van der Waals surface area contributed by atoms with E-state index in [4.69, 9.17) is 0 Å². The average molecular weight is 310 g/mol. The maximum atomic E-state index is 12.7. The molecule has 4 heteroatoms. The van der Waals surface area contributed by atoms with Crippen molar-refractivity contribution in [1.82, 2.24) is 4.90 Å². The van der Waals surface area contributed by atoms with E-state index in [1.807, 2.05) is 38.1 Å². The molecule has 2 aromatic rings. The van der Waals surface area contributed by atoms with Gasteiger partial charge in [0.25, 0.3) is 5.91 Å². The van der Waals surface area contributed by atoms with Gasteiger partial charge in [0.05, 0.1) is 6.04 Å². The van der Waals surface area contributed by atoms with E-state index in [2.05, 4.69) is 5.32 Å². The molecule has 2 rings (SSSR count). The molecule has 0 aliphatic rings. The van der Waals surface area contributed by atoms with Crippen molar-refractivity contribution < 1.29 is 9.59 Å².